The Balaban J connectivity index is 2.35. The molecule has 0 saturated carbocycles. The number of aromatic nitrogens is 2. The molecule has 0 spiro atoms. The van der Waals surface area contributed by atoms with Crippen LogP contribution in [0.25, 0.3) is 11.4 Å². The molecule has 2 aromatic rings. The van der Waals surface area contributed by atoms with Crippen LogP contribution in [0.5, 0.6) is 0 Å². The van der Waals surface area contributed by atoms with E-state index < -0.39 is 5.97 Å². The van der Waals surface area contributed by atoms with E-state index in [0.717, 1.165) is 11.3 Å². The summed E-state index contributed by atoms with van der Waals surface area (Å²) in [5.41, 5.74) is 1.64. The Morgan fingerprint density at radius 3 is 2.50 bits per heavy atom. The van der Waals surface area contributed by atoms with Gasteiger partial charge >= 0.3 is 5.97 Å². The highest BCUT2D eigenvalue weighted by atomic mass is 32.2. The Morgan fingerprint density at radius 2 is 1.95 bits per heavy atom. The van der Waals surface area contributed by atoms with E-state index in [2.05, 4.69) is 16.9 Å². The van der Waals surface area contributed by atoms with Gasteiger partial charge in [-0.1, -0.05) is 26.0 Å². The van der Waals surface area contributed by atoms with Crippen LogP contribution in [0.15, 0.2) is 35.4 Å². The molecule has 0 amide bonds. The summed E-state index contributed by atoms with van der Waals surface area (Å²) >= 11 is 1.77. The van der Waals surface area contributed by atoms with Gasteiger partial charge in [-0.3, -0.25) is 0 Å². The second-order valence-corrected chi connectivity index (χ2v) is 5.51. The first-order chi connectivity index (χ1) is 9.65. The van der Waals surface area contributed by atoms with E-state index in [-0.39, 0.29) is 5.56 Å². The van der Waals surface area contributed by atoms with Gasteiger partial charge in [-0.05, 0) is 24.3 Å². The molecule has 1 N–H and O–H groups in total. The Labute approximate surface area is 122 Å². The fourth-order valence-corrected chi connectivity index (χ4v) is 2.53. The largest absolute Gasteiger partial charge is 0.478 e. The first-order valence-corrected chi connectivity index (χ1v) is 7.46. The minimum Gasteiger partial charge on any atom is -0.478 e. The number of benzene rings is 1. The summed E-state index contributed by atoms with van der Waals surface area (Å²) in [6.45, 7) is 4.00. The third-order valence-electron chi connectivity index (χ3n) is 2.86. The van der Waals surface area contributed by atoms with E-state index in [9.17, 15) is 4.79 Å². The SMILES string of the molecule is CCSc1ccc(-c2ncc(C(=O)O)c(CC)n2)cc1. The van der Waals surface area contributed by atoms with Gasteiger partial charge in [0.1, 0.15) is 0 Å². The van der Waals surface area contributed by atoms with Gasteiger partial charge in [-0.15, -0.1) is 11.8 Å². The number of aryl methyl sites for hydroxylation is 1. The lowest BCUT2D eigenvalue weighted by atomic mass is 10.1. The molecule has 0 aliphatic rings. The van der Waals surface area contributed by atoms with Crippen LogP contribution < -0.4 is 0 Å². The van der Waals surface area contributed by atoms with Crippen molar-refractivity contribution >= 4 is 17.7 Å². The summed E-state index contributed by atoms with van der Waals surface area (Å²) in [6, 6.07) is 7.99. The predicted octanol–water partition coefficient (Wildman–Crippen LogP) is 3.52. The number of carbonyl (C=O) groups is 1. The molecule has 4 nitrogen and oxygen atoms in total. The molecular weight excluding hydrogens is 272 g/mol. The molecule has 0 aliphatic carbocycles. The van der Waals surface area contributed by atoms with Gasteiger partial charge in [0.05, 0.1) is 11.3 Å². The second-order valence-electron chi connectivity index (χ2n) is 4.17. The van der Waals surface area contributed by atoms with E-state index in [4.69, 9.17) is 5.11 Å². The van der Waals surface area contributed by atoms with Crippen LogP contribution >= 0.6 is 11.8 Å². The molecule has 1 heterocycles. The smallest absolute Gasteiger partial charge is 0.339 e. The molecule has 0 unspecified atom stereocenters. The zero-order valence-corrected chi connectivity index (χ0v) is 12.3. The number of aromatic carboxylic acids is 1. The zero-order chi connectivity index (χ0) is 14.5. The maximum absolute atomic E-state index is 11.1. The lowest BCUT2D eigenvalue weighted by molar-refractivity contribution is 0.0694. The maximum atomic E-state index is 11.1. The summed E-state index contributed by atoms with van der Waals surface area (Å²) in [5.74, 6) is 0.617. The average molecular weight is 288 g/mol. The van der Waals surface area contributed by atoms with Gasteiger partial charge in [0.15, 0.2) is 5.82 Å². The molecule has 1 aromatic heterocycles. The van der Waals surface area contributed by atoms with Crippen molar-refractivity contribution in [2.24, 2.45) is 0 Å². The van der Waals surface area contributed by atoms with Crippen LogP contribution in [-0.4, -0.2) is 26.8 Å². The third-order valence-corrected chi connectivity index (χ3v) is 3.75. The number of hydrogen-bond donors (Lipinski definition) is 1. The molecule has 0 bridgehead atoms. The highest BCUT2D eigenvalue weighted by molar-refractivity contribution is 7.99. The fraction of sp³-hybridized carbons (Fsp3) is 0.267. The van der Waals surface area contributed by atoms with Crippen LogP contribution in [0.2, 0.25) is 0 Å². The molecule has 0 fully saturated rings. The average Bonchev–Trinajstić information content (AvgIpc) is 2.47. The summed E-state index contributed by atoms with van der Waals surface area (Å²) in [6.07, 6.45) is 1.96. The van der Waals surface area contributed by atoms with Crippen LogP contribution in [-0.2, 0) is 6.42 Å². The summed E-state index contributed by atoms with van der Waals surface area (Å²) in [4.78, 5) is 20.8. The molecule has 104 valence electrons. The van der Waals surface area contributed by atoms with Gasteiger partial charge in [0, 0.05) is 16.7 Å². The van der Waals surface area contributed by atoms with Crippen molar-refractivity contribution in [2.75, 3.05) is 5.75 Å². The normalized spacial score (nSPS) is 10.5. The highest BCUT2D eigenvalue weighted by Gasteiger charge is 2.12. The van der Waals surface area contributed by atoms with Crippen LogP contribution in [0.1, 0.15) is 29.9 Å². The van der Waals surface area contributed by atoms with E-state index in [1.807, 2.05) is 31.2 Å². The number of carboxylic acids is 1. The molecule has 0 atom stereocenters. The third kappa shape index (κ3) is 3.17. The molecule has 2 rings (SSSR count). The number of thioether (sulfide) groups is 1. The van der Waals surface area contributed by atoms with Crippen molar-refractivity contribution in [1.82, 2.24) is 9.97 Å². The van der Waals surface area contributed by atoms with Crippen molar-refractivity contribution in [1.29, 1.82) is 0 Å². The van der Waals surface area contributed by atoms with Gasteiger partial charge in [-0.25, -0.2) is 14.8 Å². The first kappa shape index (κ1) is 14.5. The number of hydrogen-bond acceptors (Lipinski definition) is 4. The number of nitrogens with zero attached hydrogens (tertiary/aromatic N) is 2. The van der Waals surface area contributed by atoms with Crippen molar-refractivity contribution in [3.8, 4) is 11.4 Å². The Kier molecular flexibility index (Phi) is 4.74. The molecule has 5 heteroatoms. The Bertz CT molecular complexity index is 612. The molecule has 0 aliphatic heterocycles. The van der Waals surface area contributed by atoms with Crippen molar-refractivity contribution in [3.63, 3.8) is 0 Å². The topological polar surface area (TPSA) is 63.1 Å². The van der Waals surface area contributed by atoms with Crippen LogP contribution in [0.3, 0.4) is 0 Å². The predicted molar refractivity (Wildman–Crippen MR) is 80.2 cm³/mol. The second kappa shape index (κ2) is 6.52. The molecule has 20 heavy (non-hydrogen) atoms. The fourth-order valence-electron chi connectivity index (χ4n) is 1.87. The zero-order valence-electron chi connectivity index (χ0n) is 11.5. The monoisotopic (exact) mass is 288 g/mol. The summed E-state index contributed by atoms with van der Waals surface area (Å²) in [5, 5.41) is 9.07. The molecule has 0 radical (unpaired) electrons. The lowest BCUT2D eigenvalue weighted by Gasteiger charge is -2.06. The van der Waals surface area contributed by atoms with Gasteiger partial charge in [0.25, 0.3) is 0 Å². The minimum absolute atomic E-state index is 0.175. The number of rotatable bonds is 5. The van der Waals surface area contributed by atoms with Gasteiger partial charge in [-0.2, -0.15) is 0 Å². The van der Waals surface area contributed by atoms with Gasteiger partial charge in [0.2, 0.25) is 0 Å². The highest BCUT2D eigenvalue weighted by Crippen LogP contribution is 2.22. The van der Waals surface area contributed by atoms with Crippen LogP contribution in [0, 0.1) is 0 Å². The first-order valence-electron chi connectivity index (χ1n) is 6.48. The summed E-state index contributed by atoms with van der Waals surface area (Å²) in [7, 11) is 0. The molecular formula is C15H16N2O2S. The Hall–Kier alpha value is -1.88. The van der Waals surface area contributed by atoms with E-state index in [1.54, 1.807) is 11.8 Å². The Morgan fingerprint density at radius 1 is 1.25 bits per heavy atom. The van der Waals surface area contributed by atoms with E-state index in [1.165, 1.54) is 11.1 Å². The maximum Gasteiger partial charge on any atom is 0.339 e. The van der Waals surface area contributed by atoms with Gasteiger partial charge < -0.3 is 5.11 Å². The number of carboxylic acid groups (broad SMARTS) is 1. The standard InChI is InChI=1S/C15H16N2O2S/c1-3-13-12(15(18)19)9-16-14(17-13)10-5-7-11(8-6-10)20-4-2/h5-9H,3-4H2,1-2H3,(H,18,19). The van der Waals surface area contributed by atoms with E-state index in [0.29, 0.717) is 17.9 Å². The minimum atomic E-state index is -0.983. The van der Waals surface area contributed by atoms with Crippen molar-refractivity contribution in [3.05, 3.63) is 41.7 Å². The molecule has 0 saturated heterocycles. The van der Waals surface area contributed by atoms with E-state index >= 15 is 0 Å². The quantitative estimate of drug-likeness (QED) is 0.853. The lowest BCUT2D eigenvalue weighted by Crippen LogP contribution is -2.06. The van der Waals surface area contributed by atoms with Crippen molar-refractivity contribution in [2.45, 2.75) is 25.2 Å². The van der Waals surface area contributed by atoms with Crippen molar-refractivity contribution < 1.29 is 9.90 Å². The molecule has 1 aromatic carbocycles. The summed E-state index contributed by atoms with van der Waals surface area (Å²) < 4.78 is 0. The van der Waals surface area contributed by atoms with Crippen LogP contribution in [0.4, 0.5) is 0 Å².